The van der Waals surface area contributed by atoms with E-state index in [0.717, 1.165) is 25.0 Å². The molecule has 110 valence electrons. The highest BCUT2D eigenvalue weighted by molar-refractivity contribution is 14.0. The normalized spacial score (nSPS) is 35.9. The van der Waals surface area contributed by atoms with Crippen molar-refractivity contribution in [2.45, 2.75) is 45.3 Å². The lowest BCUT2D eigenvalue weighted by Gasteiger charge is -2.54. The van der Waals surface area contributed by atoms with Crippen LogP contribution in [0, 0.1) is 17.3 Å². The van der Waals surface area contributed by atoms with Crippen LogP contribution >= 0.6 is 24.0 Å². The average Bonchev–Trinajstić information content (AvgIpc) is 3.06. The Balaban J connectivity index is 0.00000133. The Hall–Kier alpha value is -0.0400. The number of halogens is 1. The largest absolute Gasteiger partial charge is 0.377 e. The minimum atomic E-state index is 0. The van der Waals surface area contributed by atoms with Crippen molar-refractivity contribution in [1.29, 1.82) is 0 Å². The molecule has 0 aromatic rings. The minimum Gasteiger partial charge on any atom is -0.377 e. The number of fused-ring (bicyclic) bond motifs is 1. The van der Waals surface area contributed by atoms with Crippen LogP contribution in [0.2, 0.25) is 0 Å². The van der Waals surface area contributed by atoms with Gasteiger partial charge in [-0.1, -0.05) is 13.8 Å². The standard InChI is InChI=1S/C14H25N3O.HI/c1-14(2)11(10-6-7-18-12(10)14)17-13(15-3)16-8-9-4-5-9;/h9-12H,4-8H2,1-3H3,(H2,15,16,17);1H. The Bertz CT molecular complexity index is 355. The van der Waals surface area contributed by atoms with E-state index >= 15 is 0 Å². The van der Waals surface area contributed by atoms with Crippen molar-refractivity contribution < 1.29 is 4.74 Å². The monoisotopic (exact) mass is 379 g/mol. The second-order valence-electron chi connectivity index (χ2n) is 6.58. The number of ether oxygens (including phenoxy) is 1. The third kappa shape index (κ3) is 2.86. The summed E-state index contributed by atoms with van der Waals surface area (Å²) in [6, 6.07) is 0.496. The van der Waals surface area contributed by atoms with Crippen molar-refractivity contribution in [2.75, 3.05) is 20.2 Å². The van der Waals surface area contributed by atoms with Crippen molar-refractivity contribution in [3.05, 3.63) is 0 Å². The molecule has 2 saturated carbocycles. The molecule has 4 nitrogen and oxygen atoms in total. The van der Waals surface area contributed by atoms with Gasteiger partial charge >= 0.3 is 0 Å². The quantitative estimate of drug-likeness (QED) is 0.448. The number of nitrogens with one attached hydrogen (secondary N) is 2. The van der Waals surface area contributed by atoms with E-state index in [4.69, 9.17) is 4.74 Å². The molecule has 1 heterocycles. The summed E-state index contributed by atoms with van der Waals surface area (Å²) >= 11 is 0. The molecule has 1 saturated heterocycles. The molecule has 0 amide bonds. The predicted octanol–water partition coefficient (Wildman–Crippen LogP) is 1.99. The van der Waals surface area contributed by atoms with Crippen molar-refractivity contribution in [3.8, 4) is 0 Å². The van der Waals surface area contributed by atoms with Crippen LogP contribution in [0.25, 0.3) is 0 Å². The number of guanidine groups is 1. The smallest absolute Gasteiger partial charge is 0.191 e. The molecule has 0 bridgehead atoms. The highest BCUT2D eigenvalue weighted by Crippen LogP contribution is 2.52. The summed E-state index contributed by atoms with van der Waals surface area (Å²) in [6.45, 7) is 6.58. The first-order valence-corrected chi connectivity index (χ1v) is 7.21. The van der Waals surface area contributed by atoms with Crippen molar-refractivity contribution in [1.82, 2.24) is 10.6 Å². The highest BCUT2D eigenvalue weighted by Gasteiger charge is 2.59. The van der Waals surface area contributed by atoms with E-state index in [1.807, 2.05) is 7.05 Å². The summed E-state index contributed by atoms with van der Waals surface area (Å²) in [5, 5.41) is 7.05. The fraction of sp³-hybridized carbons (Fsp3) is 0.929. The molecule has 3 fully saturated rings. The van der Waals surface area contributed by atoms with Crippen LogP contribution in [0.5, 0.6) is 0 Å². The van der Waals surface area contributed by atoms with Gasteiger partial charge in [-0.25, -0.2) is 0 Å². The van der Waals surface area contributed by atoms with Crippen LogP contribution in [0.15, 0.2) is 4.99 Å². The minimum absolute atomic E-state index is 0. The fourth-order valence-electron chi connectivity index (χ4n) is 3.52. The van der Waals surface area contributed by atoms with Gasteiger partial charge in [0.25, 0.3) is 0 Å². The summed E-state index contributed by atoms with van der Waals surface area (Å²) in [5.41, 5.74) is 0.221. The van der Waals surface area contributed by atoms with Crippen LogP contribution < -0.4 is 10.6 Å². The maximum Gasteiger partial charge on any atom is 0.191 e. The van der Waals surface area contributed by atoms with E-state index in [2.05, 4.69) is 29.5 Å². The van der Waals surface area contributed by atoms with Crippen molar-refractivity contribution in [3.63, 3.8) is 0 Å². The maximum atomic E-state index is 5.82. The number of hydrogen-bond acceptors (Lipinski definition) is 2. The van der Waals surface area contributed by atoms with Gasteiger partial charge in [0.15, 0.2) is 5.96 Å². The van der Waals surface area contributed by atoms with Crippen LogP contribution in [0.4, 0.5) is 0 Å². The lowest BCUT2D eigenvalue weighted by molar-refractivity contribution is -0.106. The van der Waals surface area contributed by atoms with E-state index in [1.54, 1.807) is 0 Å². The molecule has 1 aliphatic heterocycles. The predicted molar refractivity (Wildman–Crippen MR) is 88.1 cm³/mol. The second-order valence-corrected chi connectivity index (χ2v) is 6.58. The van der Waals surface area contributed by atoms with Gasteiger partial charge < -0.3 is 15.4 Å². The molecule has 0 spiro atoms. The molecule has 19 heavy (non-hydrogen) atoms. The van der Waals surface area contributed by atoms with Gasteiger partial charge in [0, 0.05) is 37.6 Å². The van der Waals surface area contributed by atoms with Gasteiger partial charge in [-0.15, -0.1) is 24.0 Å². The van der Waals surface area contributed by atoms with E-state index in [1.165, 1.54) is 19.3 Å². The zero-order valence-corrected chi connectivity index (χ0v) is 14.4. The molecule has 3 aliphatic rings. The summed E-state index contributed by atoms with van der Waals surface area (Å²) in [5.74, 6) is 2.50. The summed E-state index contributed by atoms with van der Waals surface area (Å²) in [6.07, 6.45) is 4.37. The summed E-state index contributed by atoms with van der Waals surface area (Å²) in [4.78, 5) is 4.34. The molecule has 0 aromatic carbocycles. The lowest BCUT2D eigenvalue weighted by Crippen LogP contribution is -2.68. The van der Waals surface area contributed by atoms with Crippen molar-refractivity contribution in [2.24, 2.45) is 22.2 Å². The van der Waals surface area contributed by atoms with E-state index in [0.29, 0.717) is 18.1 Å². The van der Waals surface area contributed by atoms with Crippen LogP contribution in [0.3, 0.4) is 0 Å². The SMILES string of the molecule is CN=C(NCC1CC1)NC1C2CCOC2C1(C)C.I. The third-order valence-electron chi connectivity index (χ3n) is 4.87. The molecule has 2 aliphatic carbocycles. The Morgan fingerprint density at radius 2 is 2.05 bits per heavy atom. The van der Waals surface area contributed by atoms with Gasteiger partial charge in [0.1, 0.15) is 0 Å². The zero-order chi connectivity index (χ0) is 12.8. The molecular weight excluding hydrogens is 353 g/mol. The van der Waals surface area contributed by atoms with Gasteiger partial charge in [0.2, 0.25) is 0 Å². The first kappa shape index (κ1) is 15.4. The molecule has 3 rings (SSSR count). The van der Waals surface area contributed by atoms with Crippen LogP contribution in [-0.4, -0.2) is 38.3 Å². The topological polar surface area (TPSA) is 45.7 Å². The molecule has 0 aromatic heterocycles. The first-order chi connectivity index (χ1) is 8.63. The van der Waals surface area contributed by atoms with Crippen LogP contribution in [-0.2, 0) is 4.74 Å². The molecule has 5 heteroatoms. The average molecular weight is 379 g/mol. The van der Waals surface area contributed by atoms with Gasteiger partial charge in [0.05, 0.1) is 6.10 Å². The van der Waals surface area contributed by atoms with E-state index in [-0.39, 0.29) is 29.4 Å². The Morgan fingerprint density at radius 3 is 2.68 bits per heavy atom. The number of rotatable bonds is 3. The Morgan fingerprint density at radius 1 is 1.32 bits per heavy atom. The Kier molecular flexibility index (Phi) is 4.65. The number of aliphatic imine (C=N–C) groups is 1. The van der Waals surface area contributed by atoms with Crippen molar-refractivity contribution >= 4 is 29.9 Å². The second kappa shape index (κ2) is 5.76. The summed E-state index contributed by atoms with van der Waals surface area (Å²) < 4.78 is 5.82. The number of hydrogen-bond donors (Lipinski definition) is 2. The lowest BCUT2D eigenvalue weighted by atomic mass is 9.57. The van der Waals surface area contributed by atoms with E-state index in [9.17, 15) is 0 Å². The number of nitrogens with zero attached hydrogens (tertiary/aromatic N) is 1. The fourth-order valence-corrected chi connectivity index (χ4v) is 3.52. The van der Waals surface area contributed by atoms with Gasteiger partial charge in [-0.05, 0) is 25.2 Å². The molecule has 3 unspecified atom stereocenters. The highest BCUT2D eigenvalue weighted by atomic mass is 127. The third-order valence-corrected chi connectivity index (χ3v) is 4.87. The first-order valence-electron chi connectivity index (χ1n) is 7.21. The van der Waals surface area contributed by atoms with Crippen LogP contribution in [0.1, 0.15) is 33.1 Å². The molecular formula is C14H26IN3O. The molecule has 3 atom stereocenters. The van der Waals surface area contributed by atoms with Gasteiger partial charge in [-0.3, -0.25) is 4.99 Å². The van der Waals surface area contributed by atoms with Gasteiger partial charge in [-0.2, -0.15) is 0 Å². The Labute approximate surface area is 133 Å². The zero-order valence-electron chi connectivity index (χ0n) is 12.1. The maximum absolute atomic E-state index is 5.82. The van der Waals surface area contributed by atoms with E-state index < -0.39 is 0 Å². The summed E-state index contributed by atoms with van der Waals surface area (Å²) in [7, 11) is 1.86. The molecule has 0 radical (unpaired) electrons. The molecule has 2 N–H and O–H groups in total.